The maximum absolute atomic E-state index is 5.89. The summed E-state index contributed by atoms with van der Waals surface area (Å²) in [5.41, 5.74) is 2.38. The van der Waals surface area contributed by atoms with Gasteiger partial charge in [-0.1, -0.05) is 55.8 Å². The van der Waals surface area contributed by atoms with Crippen LogP contribution in [0.1, 0.15) is 25.3 Å². The van der Waals surface area contributed by atoms with E-state index in [0.717, 1.165) is 12.2 Å². The van der Waals surface area contributed by atoms with E-state index in [1.165, 1.54) is 5.56 Å². The largest absolute Gasteiger partial charge is 0.384 e. The molecule has 0 aliphatic carbocycles. The van der Waals surface area contributed by atoms with Gasteiger partial charge in [0.1, 0.15) is 5.15 Å². The highest BCUT2D eigenvalue weighted by atomic mass is 35.5. The van der Waals surface area contributed by atoms with Crippen LogP contribution in [0.5, 0.6) is 0 Å². The van der Waals surface area contributed by atoms with Crippen LogP contribution >= 0.6 is 11.6 Å². The lowest BCUT2D eigenvalue weighted by Crippen LogP contribution is -2.17. The summed E-state index contributed by atoms with van der Waals surface area (Å²) in [5, 5.41) is 3.96. The van der Waals surface area contributed by atoms with Crippen LogP contribution in [-0.2, 0) is 0 Å². The van der Waals surface area contributed by atoms with Crippen molar-refractivity contribution in [1.82, 2.24) is 4.98 Å². The monoisotopic (exact) mass is 274 g/mol. The molecule has 3 heteroatoms. The Morgan fingerprint density at radius 1 is 1.16 bits per heavy atom. The Bertz CT molecular complexity index is 511. The van der Waals surface area contributed by atoms with Crippen LogP contribution in [0.15, 0.2) is 48.7 Å². The van der Waals surface area contributed by atoms with E-state index in [9.17, 15) is 0 Å². The Labute approximate surface area is 119 Å². The van der Waals surface area contributed by atoms with Crippen LogP contribution < -0.4 is 5.32 Å². The zero-order valence-corrected chi connectivity index (χ0v) is 12.1. The van der Waals surface area contributed by atoms with Gasteiger partial charge in [-0.25, -0.2) is 4.98 Å². The Kier molecular flexibility index (Phi) is 4.80. The minimum Gasteiger partial charge on any atom is -0.384 e. The van der Waals surface area contributed by atoms with Gasteiger partial charge in [0.05, 0.1) is 0 Å². The quantitative estimate of drug-likeness (QED) is 0.807. The molecule has 0 saturated heterocycles. The first-order chi connectivity index (χ1) is 9.16. The maximum Gasteiger partial charge on any atom is 0.131 e. The molecule has 0 saturated carbocycles. The number of benzene rings is 1. The number of hydrogen-bond donors (Lipinski definition) is 1. The van der Waals surface area contributed by atoms with Gasteiger partial charge in [-0.05, 0) is 23.6 Å². The van der Waals surface area contributed by atoms with Gasteiger partial charge in [0, 0.05) is 24.3 Å². The third kappa shape index (κ3) is 3.97. The molecule has 1 atom stereocenters. The van der Waals surface area contributed by atoms with E-state index in [2.05, 4.69) is 54.5 Å². The standard InChI is InChI=1S/C16H19ClN2/c1-12(2)15(13-6-4-3-5-7-13)11-19-14-8-9-18-16(17)10-14/h3-10,12,15H,11H2,1-2H3,(H,18,19). The van der Waals surface area contributed by atoms with Crippen LogP contribution in [0, 0.1) is 5.92 Å². The van der Waals surface area contributed by atoms with Crippen LogP contribution in [0.4, 0.5) is 5.69 Å². The molecule has 1 aromatic heterocycles. The fourth-order valence-corrected chi connectivity index (χ4v) is 2.35. The van der Waals surface area contributed by atoms with Crippen molar-refractivity contribution in [3.63, 3.8) is 0 Å². The van der Waals surface area contributed by atoms with Gasteiger partial charge >= 0.3 is 0 Å². The number of pyridine rings is 1. The molecule has 19 heavy (non-hydrogen) atoms. The second-order valence-corrected chi connectivity index (χ2v) is 5.40. The first-order valence-electron chi connectivity index (χ1n) is 6.57. The summed E-state index contributed by atoms with van der Waals surface area (Å²) in [6, 6.07) is 14.4. The number of halogens is 1. The molecule has 1 heterocycles. The molecule has 0 spiro atoms. The van der Waals surface area contributed by atoms with Crippen LogP contribution in [-0.4, -0.2) is 11.5 Å². The van der Waals surface area contributed by atoms with E-state index in [0.29, 0.717) is 17.0 Å². The molecule has 0 bridgehead atoms. The molecule has 2 nitrogen and oxygen atoms in total. The lowest BCUT2D eigenvalue weighted by molar-refractivity contribution is 0.517. The van der Waals surface area contributed by atoms with Crippen molar-refractivity contribution >= 4 is 17.3 Å². The first-order valence-corrected chi connectivity index (χ1v) is 6.95. The highest BCUT2D eigenvalue weighted by molar-refractivity contribution is 6.29. The average Bonchev–Trinajstić information content (AvgIpc) is 2.40. The number of hydrogen-bond acceptors (Lipinski definition) is 2. The van der Waals surface area contributed by atoms with E-state index < -0.39 is 0 Å². The molecule has 0 fully saturated rings. The SMILES string of the molecule is CC(C)C(CNc1ccnc(Cl)c1)c1ccccc1. The summed E-state index contributed by atoms with van der Waals surface area (Å²) in [6.07, 6.45) is 1.72. The van der Waals surface area contributed by atoms with E-state index in [-0.39, 0.29) is 0 Å². The summed E-state index contributed by atoms with van der Waals surface area (Å²) in [5.74, 6) is 1.06. The summed E-state index contributed by atoms with van der Waals surface area (Å²) < 4.78 is 0. The maximum atomic E-state index is 5.89. The van der Waals surface area contributed by atoms with Crippen molar-refractivity contribution < 1.29 is 0 Å². The third-order valence-corrected chi connectivity index (χ3v) is 3.49. The molecule has 0 radical (unpaired) electrons. The summed E-state index contributed by atoms with van der Waals surface area (Å²) >= 11 is 5.89. The fraction of sp³-hybridized carbons (Fsp3) is 0.312. The van der Waals surface area contributed by atoms with Crippen molar-refractivity contribution in [2.45, 2.75) is 19.8 Å². The second kappa shape index (κ2) is 6.58. The lowest BCUT2D eigenvalue weighted by Gasteiger charge is -2.22. The topological polar surface area (TPSA) is 24.9 Å². The first kappa shape index (κ1) is 13.9. The second-order valence-electron chi connectivity index (χ2n) is 5.01. The Balaban J connectivity index is 2.06. The number of nitrogens with zero attached hydrogens (tertiary/aromatic N) is 1. The molecule has 2 aromatic rings. The van der Waals surface area contributed by atoms with Gasteiger partial charge < -0.3 is 5.32 Å². The molecule has 0 amide bonds. The van der Waals surface area contributed by atoms with Crippen molar-refractivity contribution in [2.75, 3.05) is 11.9 Å². The molecule has 100 valence electrons. The van der Waals surface area contributed by atoms with Crippen molar-refractivity contribution in [1.29, 1.82) is 0 Å². The lowest BCUT2D eigenvalue weighted by atomic mass is 9.88. The minimum atomic E-state index is 0.480. The molecule has 1 aromatic carbocycles. The Morgan fingerprint density at radius 2 is 1.89 bits per heavy atom. The number of anilines is 1. The van der Waals surface area contributed by atoms with Crippen molar-refractivity contribution in [2.24, 2.45) is 5.92 Å². The predicted octanol–water partition coefficient (Wildman–Crippen LogP) is 4.59. The molecular weight excluding hydrogens is 256 g/mol. The number of rotatable bonds is 5. The Hall–Kier alpha value is -1.54. The Morgan fingerprint density at radius 3 is 2.53 bits per heavy atom. The van der Waals surface area contributed by atoms with Gasteiger partial charge in [0.15, 0.2) is 0 Å². The average molecular weight is 275 g/mol. The zero-order chi connectivity index (χ0) is 13.7. The highest BCUT2D eigenvalue weighted by Gasteiger charge is 2.15. The zero-order valence-electron chi connectivity index (χ0n) is 11.3. The van der Waals surface area contributed by atoms with Gasteiger partial charge in [-0.2, -0.15) is 0 Å². The van der Waals surface area contributed by atoms with Gasteiger partial charge in [0.25, 0.3) is 0 Å². The minimum absolute atomic E-state index is 0.480. The molecule has 0 aliphatic rings. The van der Waals surface area contributed by atoms with Crippen molar-refractivity contribution in [3.05, 3.63) is 59.4 Å². The van der Waals surface area contributed by atoms with Crippen molar-refractivity contribution in [3.8, 4) is 0 Å². The molecule has 0 aliphatic heterocycles. The summed E-state index contributed by atoms with van der Waals surface area (Å²) in [4.78, 5) is 3.99. The summed E-state index contributed by atoms with van der Waals surface area (Å²) in [7, 11) is 0. The van der Waals surface area contributed by atoms with Gasteiger partial charge in [-0.15, -0.1) is 0 Å². The summed E-state index contributed by atoms with van der Waals surface area (Å²) in [6.45, 7) is 5.39. The molecule has 1 N–H and O–H groups in total. The normalized spacial score (nSPS) is 12.4. The molecule has 2 rings (SSSR count). The molecular formula is C16H19ClN2. The van der Waals surface area contributed by atoms with Gasteiger partial charge in [0.2, 0.25) is 0 Å². The number of aromatic nitrogens is 1. The van der Waals surface area contributed by atoms with Gasteiger partial charge in [-0.3, -0.25) is 0 Å². The number of nitrogens with one attached hydrogen (secondary N) is 1. The van der Waals surface area contributed by atoms with E-state index >= 15 is 0 Å². The smallest absolute Gasteiger partial charge is 0.131 e. The van der Waals surface area contributed by atoms with Crippen LogP contribution in [0.2, 0.25) is 5.15 Å². The molecule has 1 unspecified atom stereocenters. The van der Waals surface area contributed by atoms with E-state index in [4.69, 9.17) is 11.6 Å². The fourth-order valence-electron chi connectivity index (χ4n) is 2.18. The predicted molar refractivity (Wildman–Crippen MR) is 81.8 cm³/mol. The third-order valence-electron chi connectivity index (χ3n) is 3.29. The van der Waals surface area contributed by atoms with E-state index in [1.807, 2.05) is 12.1 Å². The van der Waals surface area contributed by atoms with Crippen LogP contribution in [0.25, 0.3) is 0 Å². The highest BCUT2D eigenvalue weighted by Crippen LogP contribution is 2.25. The van der Waals surface area contributed by atoms with E-state index in [1.54, 1.807) is 6.20 Å². The van der Waals surface area contributed by atoms with Crippen LogP contribution in [0.3, 0.4) is 0 Å².